The molecule has 0 amide bonds. The maximum Gasteiger partial charge on any atom is 0.360 e. The molecule has 5 heteroatoms. The van der Waals surface area contributed by atoms with Crippen LogP contribution >= 0.6 is 11.6 Å². The van der Waals surface area contributed by atoms with Crippen LogP contribution in [0.5, 0.6) is 5.75 Å². The molecule has 0 aliphatic heterocycles. The van der Waals surface area contributed by atoms with E-state index >= 15 is 0 Å². The van der Waals surface area contributed by atoms with Gasteiger partial charge in [-0.05, 0) is 23.8 Å². The lowest BCUT2D eigenvalue weighted by molar-refractivity contribution is 0.0589. The van der Waals surface area contributed by atoms with Gasteiger partial charge in [-0.1, -0.05) is 41.9 Å². The van der Waals surface area contributed by atoms with Gasteiger partial charge in [0.05, 0.1) is 7.11 Å². The number of esters is 1. The summed E-state index contributed by atoms with van der Waals surface area (Å²) in [5.74, 6) is -0.139. The van der Waals surface area contributed by atoms with Crippen LogP contribution in [0.15, 0.2) is 54.7 Å². The second-order valence-electron chi connectivity index (χ2n) is 4.93. The first-order valence-electron chi connectivity index (χ1n) is 7.02. The molecular formula is C18H14ClNO3. The monoisotopic (exact) mass is 327 g/mol. The molecule has 0 atom stereocenters. The molecule has 2 aromatic carbocycles. The summed E-state index contributed by atoms with van der Waals surface area (Å²) in [5.41, 5.74) is 1.15. The van der Waals surface area contributed by atoms with Gasteiger partial charge in [-0.25, -0.2) is 9.78 Å². The summed E-state index contributed by atoms with van der Waals surface area (Å²) in [5, 5.41) is 2.16. The number of benzene rings is 2. The van der Waals surface area contributed by atoms with Gasteiger partial charge in [0.15, 0.2) is 11.4 Å². The first kappa shape index (κ1) is 15.3. The third kappa shape index (κ3) is 3.27. The number of ether oxygens (including phenoxy) is 2. The fourth-order valence-electron chi connectivity index (χ4n) is 2.29. The maximum atomic E-state index is 12.0. The van der Waals surface area contributed by atoms with Crippen molar-refractivity contribution in [1.82, 2.24) is 4.98 Å². The summed E-state index contributed by atoms with van der Waals surface area (Å²) in [4.78, 5) is 16.1. The summed E-state index contributed by atoms with van der Waals surface area (Å²) in [6.07, 6.45) is 1.59. The molecular weight excluding hydrogens is 314 g/mol. The van der Waals surface area contributed by atoms with Gasteiger partial charge in [-0.3, -0.25) is 0 Å². The number of methoxy groups -OCH3 is 1. The molecule has 23 heavy (non-hydrogen) atoms. The zero-order valence-corrected chi connectivity index (χ0v) is 13.2. The van der Waals surface area contributed by atoms with Crippen molar-refractivity contribution in [3.05, 3.63) is 71.0 Å². The first-order valence-corrected chi connectivity index (χ1v) is 7.40. The Balaban J connectivity index is 2.05. The number of aromatic nitrogens is 1. The van der Waals surface area contributed by atoms with E-state index in [1.807, 2.05) is 36.4 Å². The van der Waals surface area contributed by atoms with E-state index < -0.39 is 5.97 Å². The van der Waals surface area contributed by atoms with Crippen molar-refractivity contribution in [2.75, 3.05) is 7.11 Å². The number of hydrogen-bond acceptors (Lipinski definition) is 4. The van der Waals surface area contributed by atoms with Crippen LogP contribution < -0.4 is 4.74 Å². The molecule has 3 rings (SSSR count). The third-order valence-electron chi connectivity index (χ3n) is 3.41. The Kier molecular flexibility index (Phi) is 4.44. The van der Waals surface area contributed by atoms with Crippen LogP contribution in [0, 0.1) is 0 Å². The number of fused-ring (bicyclic) bond motifs is 1. The van der Waals surface area contributed by atoms with Crippen LogP contribution in [0.4, 0.5) is 0 Å². The number of halogens is 1. The van der Waals surface area contributed by atoms with Crippen molar-refractivity contribution in [2.24, 2.45) is 0 Å². The quantitative estimate of drug-likeness (QED) is 0.672. The predicted molar refractivity (Wildman–Crippen MR) is 88.9 cm³/mol. The van der Waals surface area contributed by atoms with Crippen molar-refractivity contribution in [3.8, 4) is 5.75 Å². The lowest BCUT2D eigenvalue weighted by Crippen LogP contribution is -2.09. The molecule has 0 saturated carbocycles. The maximum absolute atomic E-state index is 12.0. The smallest absolute Gasteiger partial charge is 0.360 e. The fourth-order valence-corrected chi connectivity index (χ4v) is 2.47. The van der Waals surface area contributed by atoms with E-state index in [1.165, 1.54) is 7.11 Å². The highest BCUT2D eigenvalue weighted by molar-refractivity contribution is 6.31. The Morgan fingerprint density at radius 2 is 1.96 bits per heavy atom. The Hall–Kier alpha value is -2.59. The topological polar surface area (TPSA) is 48.4 Å². The Morgan fingerprint density at radius 1 is 1.17 bits per heavy atom. The van der Waals surface area contributed by atoms with E-state index in [2.05, 4.69) is 4.98 Å². The van der Waals surface area contributed by atoms with Crippen LogP contribution in [0.2, 0.25) is 5.02 Å². The minimum Gasteiger partial charge on any atom is -0.486 e. The molecule has 4 nitrogen and oxygen atoms in total. The highest BCUT2D eigenvalue weighted by Gasteiger charge is 2.18. The lowest BCUT2D eigenvalue weighted by atomic mass is 10.1. The molecule has 0 aliphatic rings. The first-order chi connectivity index (χ1) is 11.2. The molecule has 1 aromatic heterocycles. The summed E-state index contributed by atoms with van der Waals surface area (Å²) in [6.45, 7) is 0.328. The van der Waals surface area contributed by atoms with Crippen molar-refractivity contribution in [2.45, 2.75) is 6.61 Å². The van der Waals surface area contributed by atoms with Crippen LogP contribution in [0.3, 0.4) is 0 Å². The van der Waals surface area contributed by atoms with Gasteiger partial charge in [0, 0.05) is 22.0 Å². The standard InChI is InChI=1S/C18H14ClNO3/c1-22-18(21)16-17(23-11-12-5-3-2-4-6-12)15-8-7-14(19)9-13(15)10-20-16/h2-10H,11H2,1H3. The Bertz CT molecular complexity index is 850. The van der Waals surface area contributed by atoms with Gasteiger partial charge >= 0.3 is 5.97 Å². The molecule has 0 spiro atoms. The largest absolute Gasteiger partial charge is 0.486 e. The van der Waals surface area contributed by atoms with Gasteiger partial charge in [-0.15, -0.1) is 0 Å². The lowest BCUT2D eigenvalue weighted by Gasteiger charge is -2.13. The number of carbonyl (C=O) groups is 1. The molecule has 116 valence electrons. The molecule has 0 fully saturated rings. The number of carbonyl (C=O) groups excluding carboxylic acids is 1. The van der Waals surface area contributed by atoms with Crippen LogP contribution in [-0.4, -0.2) is 18.1 Å². The number of pyridine rings is 1. The van der Waals surface area contributed by atoms with E-state index in [0.717, 1.165) is 16.3 Å². The summed E-state index contributed by atoms with van der Waals surface area (Å²) in [7, 11) is 1.32. The van der Waals surface area contributed by atoms with E-state index in [9.17, 15) is 4.79 Å². The molecule has 0 bridgehead atoms. The summed E-state index contributed by atoms with van der Waals surface area (Å²) in [6, 6.07) is 15.0. The highest BCUT2D eigenvalue weighted by Crippen LogP contribution is 2.31. The molecule has 0 saturated heterocycles. The molecule has 1 heterocycles. The number of rotatable bonds is 4. The minimum absolute atomic E-state index is 0.151. The molecule has 0 aliphatic carbocycles. The number of hydrogen-bond donors (Lipinski definition) is 0. The molecule has 0 radical (unpaired) electrons. The zero-order valence-electron chi connectivity index (χ0n) is 12.5. The van der Waals surface area contributed by atoms with Gasteiger partial charge in [0.1, 0.15) is 6.61 Å². The van der Waals surface area contributed by atoms with Gasteiger partial charge in [-0.2, -0.15) is 0 Å². The van der Waals surface area contributed by atoms with Crippen LogP contribution in [0.25, 0.3) is 10.8 Å². The van der Waals surface area contributed by atoms with Crippen LogP contribution in [0.1, 0.15) is 16.1 Å². The zero-order chi connectivity index (χ0) is 16.2. The Labute approximate surface area is 138 Å². The SMILES string of the molecule is COC(=O)c1ncc2cc(Cl)ccc2c1OCc1ccccc1. The van der Waals surface area contributed by atoms with Crippen molar-refractivity contribution in [1.29, 1.82) is 0 Å². The van der Waals surface area contributed by atoms with Crippen molar-refractivity contribution < 1.29 is 14.3 Å². The molecule has 0 unspecified atom stereocenters. The normalized spacial score (nSPS) is 10.5. The number of nitrogens with zero attached hydrogens (tertiary/aromatic N) is 1. The van der Waals surface area contributed by atoms with Gasteiger partial charge in [0.2, 0.25) is 0 Å². The second-order valence-corrected chi connectivity index (χ2v) is 5.37. The van der Waals surface area contributed by atoms with Crippen molar-refractivity contribution in [3.63, 3.8) is 0 Å². The van der Waals surface area contributed by atoms with E-state index in [1.54, 1.807) is 18.3 Å². The van der Waals surface area contributed by atoms with E-state index in [-0.39, 0.29) is 5.69 Å². The van der Waals surface area contributed by atoms with E-state index in [4.69, 9.17) is 21.1 Å². The summed E-state index contributed by atoms with van der Waals surface area (Å²) < 4.78 is 10.7. The average Bonchev–Trinajstić information content (AvgIpc) is 2.59. The van der Waals surface area contributed by atoms with Gasteiger partial charge < -0.3 is 9.47 Å². The second kappa shape index (κ2) is 6.67. The predicted octanol–water partition coefficient (Wildman–Crippen LogP) is 4.25. The minimum atomic E-state index is -0.537. The highest BCUT2D eigenvalue weighted by atomic mass is 35.5. The Morgan fingerprint density at radius 3 is 2.70 bits per heavy atom. The van der Waals surface area contributed by atoms with Crippen LogP contribution in [-0.2, 0) is 11.3 Å². The average molecular weight is 328 g/mol. The van der Waals surface area contributed by atoms with Gasteiger partial charge in [0.25, 0.3) is 0 Å². The third-order valence-corrected chi connectivity index (χ3v) is 3.65. The van der Waals surface area contributed by atoms with Crippen molar-refractivity contribution >= 4 is 28.3 Å². The molecule has 3 aromatic rings. The van der Waals surface area contributed by atoms with E-state index in [0.29, 0.717) is 17.4 Å². The summed E-state index contributed by atoms with van der Waals surface area (Å²) >= 11 is 6.01. The molecule has 0 N–H and O–H groups in total. The fraction of sp³-hybridized carbons (Fsp3) is 0.111.